The molecular formula is C101H222O7. The minimum atomic E-state index is -0.593. The second-order valence-electron chi connectivity index (χ2n) is 34.5. The fourth-order valence-corrected chi connectivity index (χ4v) is 15.2. The van der Waals surface area contributed by atoms with Crippen molar-refractivity contribution in [2.75, 3.05) is 0 Å². The van der Waals surface area contributed by atoms with Crippen LogP contribution in [0.3, 0.4) is 0 Å². The molecule has 0 spiro atoms. The average molecular weight is 1550 g/mol. The minimum absolute atomic E-state index is 0. The number of carbonyl (C=O) groups is 1. The third kappa shape index (κ3) is 66.2. The Kier molecular flexibility index (Phi) is 100. The van der Waals surface area contributed by atoms with Crippen molar-refractivity contribution in [1.29, 1.82) is 0 Å². The summed E-state index contributed by atoms with van der Waals surface area (Å²) in [7, 11) is 0. The van der Waals surface area contributed by atoms with Crippen molar-refractivity contribution in [3.63, 3.8) is 0 Å². The van der Waals surface area contributed by atoms with Gasteiger partial charge in [0.05, 0.1) is 36.1 Å². The highest BCUT2D eigenvalue weighted by Gasteiger charge is 2.49. The molecule has 108 heavy (non-hydrogen) atoms. The Hall–Kier alpha value is -0.990. The zero-order valence-electron chi connectivity index (χ0n) is 73.8. The molecule has 4 N–H and O–H groups in total. The van der Waals surface area contributed by atoms with Crippen LogP contribution < -0.4 is 0 Å². The highest BCUT2D eigenvalue weighted by Crippen LogP contribution is 2.58. The molecule has 19 unspecified atom stereocenters. The highest BCUT2D eigenvalue weighted by atomic mass is 16.6. The van der Waals surface area contributed by atoms with Crippen molar-refractivity contribution in [2.24, 2.45) is 101 Å². The monoisotopic (exact) mass is 1550 g/mol. The van der Waals surface area contributed by atoms with Crippen molar-refractivity contribution >= 4 is 5.97 Å². The Morgan fingerprint density at radius 1 is 0.417 bits per heavy atom. The number of carbonyl (C=O) groups excluding carboxylic acids is 1. The lowest BCUT2D eigenvalue weighted by molar-refractivity contribution is -0.155. The van der Waals surface area contributed by atoms with Gasteiger partial charge in [-0.05, 0) is 244 Å². The average Bonchev–Trinajstić information content (AvgIpc) is 1.60. The number of ether oxygens (including phenoxy) is 2. The smallest absolute Gasteiger partial charge is 0.303 e. The number of epoxide rings is 1. The molecule has 0 amide bonds. The van der Waals surface area contributed by atoms with Crippen molar-refractivity contribution in [1.82, 2.24) is 0 Å². The van der Waals surface area contributed by atoms with Crippen LogP contribution in [0, 0.1) is 101 Å². The second-order valence-corrected chi connectivity index (χ2v) is 34.5. The lowest BCUT2D eigenvalue weighted by Gasteiger charge is -2.25. The van der Waals surface area contributed by atoms with E-state index in [2.05, 4.69) is 116 Å². The molecule has 8 saturated carbocycles. The largest absolute Gasteiger partial charge is 0.460 e. The van der Waals surface area contributed by atoms with E-state index >= 15 is 0 Å². The molecule has 7 heteroatoms. The van der Waals surface area contributed by atoms with Crippen LogP contribution in [0.4, 0.5) is 0 Å². The standard InChI is InChI=1S/C10H16.C10H22.C9H16.C8H16O2.C8H14O.2C8H16.C8H14.C6H14O.C6H14.C4H10O2.C4H10O.2C2H6.8CH4/c1-2-9-7-4-5-8(6-7)10(9)3-1;1-3-5-7-9-10-8-6-4-2;1-6-7(2)9-4-3-8(6)5-9;1-5-8(4,6-2)10-7(3)9;1-5-3-7-8(9-7)4-6(5)2;1-7-3-5-8(2)6-4-7;2*1-7-5-3-4-6-8(7)2;1-4-6(3,7)5-2;1-4-6(3)5-2;1-3(5)4(2)6;1-3-4(2)5;2*1-2;;;;;;;;/h7-10H,1-6H2;3-10H2,1-2H3;6-9H,3-5H2,1-2H3;5-6H2,1-4H3;5-8H,3-4H2,1-2H3;2*7-8H,3-6H2,1-2H3;3-4,7-8H,5-6H2,1-2H3;7H,4-5H2,1-3H3;6H,4-5H2,1-3H3;3-6H,1-2H3;4-5H,3H2,1-2H3;2*1-2H3;8*1H4. The third-order valence-electron chi connectivity index (χ3n) is 26.1. The molecule has 19 atom stereocenters. The summed E-state index contributed by atoms with van der Waals surface area (Å²) in [5.74, 6) is 17.5. The first-order valence-corrected chi connectivity index (χ1v) is 44.5. The molecule has 0 aromatic rings. The van der Waals surface area contributed by atoms with Crippen molar-refractivity contribution in [2.45, 2.75) is 540 Å². The van der Waals surface area contributed by atoms with Crippen LogP contribution in [0.5, 0.6) is 0 Å². The Morgan fingerprint density at radius 2 is 0.722 bits per heavy atom. The molecule has 1 saturated heterocycles. The van der Waals surface area contributed by atoms with Crippen LogP contribution in [0.1, 0.15) is 498 Å². The summed E-state index contributed by atoms with van der Waals surface area (Å²) < 4.78 is 10.5. The maximum absolute atomic E-state index is 10.6. The molecule has 0 aromatic heterocycles. The van der Waals surface area contributed by atoms with Gasteiger partial charge in [-0.1, -0.05) is 360 Å². The number of aliphatic hydroxyl groups is 4. The molecule has 9 fully saturated rings. The van der Waals surface area contributed by atoms with Crippen molar-refractivity contribution in [3.8, 4) is 0 Å². The van der Waals surface area contributed by atoms with Gasteiger partial charge in [-0.3, -0.25) is 4.79 Å². The van der Waals surface area contributed by atoms with Crippen LogP contribution >= 0.6 is 0 Å². The fourth-order valence-electron chi connectivity index (χ4n) is 15.2. The van der Waals surface area contributed by atoms with Gasteiger partial charge < -0.3 is 29.9 Å². The summed E-state index contributed by atoms with van der Waals surface area (Å²) in [6, 6.07) is 0. The molecule has 7 nitrogen and oxygen atoms in total. The quantitative estimate of drug-likeness (QED) is 0.0526. The summed E-state index contributed by atoms with van der Waals surface area (Å²) in [6.07, 6.45) is 54.2. The maximum atomic E-state index is 10.6. The molecule has 9 aliphatic carbocycles. The predicted molar refractivity (Wildman–Crippen MR) is 499 cm³/mol. The molecule has 0 aromatic carbocycles. The molecule has 10 rings (SSSR count). The summed E-state index contributed by atoms with van der Waals surface area (Å²) in [4.78, 5) is 10.6. The van der Waals surface area contributed by atoms with Gasteiger partial charge in [0.2, 0.25) is 0 Å². The van der Waals surface area contributed by atoms with Gasteiger partial charge in [0.1, 0.15) is 5.60 Å². The molecule has 1 heterocycles. The summed E-state index contributed by atoms with van der Waals surface area (Å²) in [5, 5.41) is 34.3. The summed E-state index contributed by atoms with van der Waals surface area (Å²) >= 11 is 0. The molecule has 1 aliphatic heterocycles. The lowest BCUT2D eigenvalue weighted by Crippen LogP contribution is -2.28. The SMILES string of the molecule is C.C.C.C.C.C.C.C.C1CC2C3CCC(C3)C2C1.CC.CC.CC(O)C(C)O.CC1C2CCC(C2)C1C.CC1CC2OC2CC1C.CC1CC=CCC1C.CC1CCC(C)CC1.CC1CCCCC1C.CCC(C)(CC)OC(C)=O.CCC(C)(O)CC.CCC(C)CC.CCC(C)O.CCCCCCCCCC. The van der Waals surface area contributed by atoms with E-state index in [1.807, 2.05) is 76.2 Å². The first-order chi connectivity index (χ1) is 47.2. The van der Waals surface area contributed by atoms with Gasteiger partial charge in [-0.15, -0.1) is 0 Å². The number of rotatable bonds is 16. The highest BCUT2D eigenvalue weighted by molar-refractivity contribution is 5.66. The number of allylic oxidation sites excluding steroid dienone is 2. The van der Waals surface area contributed by atoms with Gasteiger partial charge in [0.15, 0.2) is 0 Å². The van der Waals surface area contributed by atoms with E-state index in [0.717, 1.165) is 109 Å². The van der Waals surface area contributed by atoms with E-state index in [0.29, 0.717) is 12.2 Å². The van der Waals surface area contributed by atoms with Crippen LogP contribution in [-0.4, -0.2) is 68.1 Å². The van der Waals surface area contributed by atoms with E-state index in [1.54, 1.807) is 65.7 Å². The second kappa shape index (κ2) is 81.2. The molecule has 4 bridgehead atoms. The Morgan fingerprint density at radius 3 is 0.926 bits per heavy atom. The van der Waals surface area contributed by atoms with E-state index in [4.69, 9.17) is 29.9 Å². The van der Waals surface area contributed by atoms with Gasteiger partial charge >= 0.3 is 5.97 Å². The van der Waals surface area contributed by atoms with E-state index < -0.39 is 17.8 Å². The number of unbranched alkanes of at least 4 members (excludes halogenated alkanes) is 7. The number of fused-ring (bicyclic) bond motifs is 8. The van der Waals surface area contributed by atoms with E-state index in [9.17, 15) is 4.79 Å². The number of esters is 1. The van der Waals surface area contributed by atoms with Gasteiger partial charge in [0.25, 0.3) is 0 Å². The topological polar surface area (TPSA) is 120 Å². The maximum Gasteiger partial charge on any atom is 0.303 e. The predicted octanol–water partition coefficient (Wildman–Crippen LogP) is 33.6. The van der Waals surface area contributed by atoms with Crippen molar-refractivity contribution < 1.29 is 34.7 Å². The van der Waals surface area contributed by atoms with Crippen LogP contribution in [-0.2, 0) is 14.3 Å². The zero-order valence-corrected chi connectivity index (χ0v) is 73.8. The Bertz CT molecular complexity index is 1680. The number of aliphatic hydroxyl groups excluding tert-OH is 3. The van der Waals surface area contributed by atoms with Gasteiger partial charge in [-0.25, -0.2) is 0 Å². The summed E-state index contributed by atoms with van der Waals surface area (Å²) in [5.41, 5.74) is -0.661. The number of hydrogen-bond donors (Lipinski definition) is 4. The van der Waals surface area contributed by atoms with E-state index in [1.165, 1.54) is 185 Å². The van der Waals surface area contributed by atoms with Crippen LogP contribution in [0.25, 0.3) is 0 Å². The Labute approximate surface area is 689 Å². The fraction of sp³-hybridized carbons (Fsp3) is 0.970. The van der Waals surface area contributed by atoms with E-state index in [-0.39, 0.29) is 77.1 Å². The van der Waals surface area contributed by atoms with Crippen LogP contribution in [0.2, 0.25) is 0 Å². The Balaban J connectivity index is -0.0000000925. The number of hydrogen-bond acceptors (Lipinski definition) is 7. The summed E-state index contributed by atoms with van der Waals surface area (Å²) in [6.45, 7) is 63.1. The molecule has 668 valence electrons. The zero-order chi connectivity index (χ0) is 77.6. The lowest BCUT2D eigenvalue weighted by atomic mass is 9.82. The molecular weight excluding hydrogens is 1330 g/mol. The first-order valence-electron chi connectivity index (χ1n) is 44.5. The van der Waals surface area contributed by atoms with Crippen LogP contribution in [0.15, 0.2) is 12.2 Å². The third-order valence-corrected chi connectivity index (χ3v) is 26.1. The molecule has 10 aliphatic rings. The first kappa shape index (κ1) is 133. The van der Waals surface area contributed by atoms with Crippen molar-refractivity contribution in [3.05, 3.63) is 12.2 Å². The van der Waals surface area contributed by atoms with Gasteiger partial charge in [-0.2, -0.15) is 0 Å². The molecule has 0 radical (unpaired) electrons. The normalized spacial score (nSPS) is 28.7. The van der Waals surface area contributed by atoms with Gasteiger partial charge in [0, 0.05) is 6.92 Å². The minimum Gasteiger partial charge on any atom is -0.460 e.